The molecule has 0 radical (unpaired) electrons. The molecule has 0 aliphatic rings. The summed E-state index contributed by atoms with van der Waals surface area (Å²) >= 11 is 6.12. The van der Waals surface area contributed by atoms with Crippen molar-refractivity contribution < 1.29 is 23.9 Å². The van der Waals surface area contributed by atoms with Crippen molar-refractivity contribution in [3.05, 3.63) is 68.7 Å². The van der Waals surface area contributed by atoms with Crippen LogP contribution in [-0.2, 0) is 9.53 Å². The van der Waals surface area contributed by atoms with Gasteiger partial charge >= 0.3 is 5.97 Å². The van der Waals surface area contributed by atoms with E-state index in [9.17, 15) is 14.9 Å². The summed E-state index contributed by atoms with van der Waals surface area (Å²) in [5.41, 5.74) is 1.09. The predicted octanol–water partition coefficient (Wildman–Crippen LogP) is 4.58. The summed E-state index contributed by atoms with van der Waals surface area (Å²) in [4.78, 5) is 22.4. The van der Waals surface area contributed by atoms with Gasteiger partial charge in [0.05, 0.1) is 24.2 Å². The summed E-state index contributed by atoms with van der Waals surface area (Å²) < 4.78 is 15.6. The van der Waals surface area contributed by atoms with Crippen LogP contribution in [0.5, 0.6) is 11.5 Å². The number of non-ortho nitro benzene ring substituents is 1. The molecule has 0 unspecified atom stereocenters. The molecule has 0 spiro atoms. The monoisotopic (exact) mass is 391 g/mol. The van der Waals surface area contributed by atoms with Gasteiger partial charge in [0.2, 0.25) is 0 Å². The summed E-state index contributed by atoms with van der Waals surface area (Å²) in [6.07, 6.45) is 2.12. The molecule has 8 heteroatoms. The molecule has 0 heterocycles. The van der Waals surface area contributed by atoms with Gasteiger partial charge in [0, 0.05) is 18.2 Å². The van der Waals surface area contributed by atoms with E-state index in [4.69, 9.17) is 25.8 Å². The maximum absolute atomic E-state index is 12.0. The van der Waals surface area contributed by atoms with Crippen molar-refractivity contribution in [2.45, 2.75) is 13.0 Å². The molecular weight excluding hydrogens is 374 g/mol. The number of carbonyl (C=O) groups excluding carboxylic acids is 1. The van der Waals surface area contributed by atoms with Crippen molar-refractivity contribution in [2.24, 2.45) is 0 Å². The first-order valence-corrected chi connectivity index (χ1v) is 8.28. The second-order valence-corrected chi connectivity index (χ2v) is 5.91. The Hall–Kier alpha value is -3.06. The molecule has 27 heavy (non-hydrogen) atoms. The molecule has 0 saturated carbocycles. The molecule has 0 N–H and O–H groups in total. The first-order valence-electron chi connectivity index (χ1n) is 7.90. The lowest BCUT2D eigenvalue weighted by atomic mass is 10.1. The third-order valence-electron chi connectivity index (χ3n) is 3.71. The molecule has 0 bridgehead atoms. The van der Waals surface area contributed by atoms with Crippen LogP contribution < -0.4 is 9.47 Å². The van der Waals surface area contributed by atoms with Crippen LogP contribution in [0.25, 0.3) is 6.08 Å². The molecule has 7 nitrogen and oxygen atoms in total. The topological polar surface area (TPSA) is 87.9 Å². The number of carbonyl (C=O) groups is 1. The second-order valence-electron chi connectivity index (χ2n) is 5.50. The Morgan fingerprint density at radius 2 is 1.96 bits per heavy atom. The quantitative estimate of drug-likeness (QED) is 0.297. The van der Waals surface area contributed by atoms with E-state index >= 15 is 0 Å². The molecule has 0 aliphatic carbocycles. The van der Waals surface area contributed by atoms with Crippen molar-refractivity contribution >= 4 is 29.3 Å². The maximum atomic E-state index is 12.0. The van der Waals surface area contributed by atoms with Gasteiger partial charge in [0.1, 0.15) is 6.10 Å². The molecule has 0 saturated heterocycles. The molecule has 2 rings (SSSR count). The zero-order valence-corrected chi connectivity index (χ0v) is 15.7. The fraction of sp³-hybridized carbons (Fsp3) is 0.211. The lowest BCUT2D eigenvalue weighted by Gasteiger charge is -2.12. The fourth-order valence-electron chi connectivity index (χ4n) is 2.37. The predicted molar refractivity (Wildman–Crippen MR) is 101 cm³/mol. The molecule has 0 aromatic heterocycles. The van der Waals surface area contributed by atoms with Crippen LogP contribution in [0, 0.1) is 10.1 Å². The van der Waals surface area contributed by atoms with Crippen molar-refractivity contribution in [3.8, 4) is 11.5 Å². The van der Waals surface area contributed by atoms with Crippen LogP contribution in [-0.4, -0.2) is 25.1 Å². The first kappa shape index (κ1) is 20.3. The average Bonchev–Trinajstić information content (AvgIpc) is 2.65. The zero-order valence-electron chi connectivity index (χ0n) is 15.0. The molecule has 0 amide bonds. The summed E-state index contributed by atoms with van der Waals surface area (Å²) in [5, 5.41) is 11.2. The highest BCUT2D eigenvalue weighted by Gasteiger charge is 2.14. The van der Waals surface area contributed by atoms with E-state index in [-0.39, 0.29) is 5.69 Å². The summed E-state index contributed by atoms with van der Waals surface area (Å²) in [6, 6.07) is 9.23. The van der Waals surface area contributed by atoms with Crippen LogP contribution >= 0.6 is 11.6 Å². The van der Waals surface area contributed by atoms with Crippen LogP contribution in [0.3, 0.4) is 0 Å². The number of nitro benzene ring substituents is 1. The second kappa shape index (κ2) is 9.05. The summed E-state index contributed by atoms with van der Waals surface area (Å²) in [7, 11) is 2.96. The Morgan fingerprint density at radius 1 is 1.22 bits per heavy atom. The van der Waals surface area contributed by atoms with E-state index in [2.05, 4.69) is 0 Å². The molecule has 0 aliphatic heterocycles. The number of esters is 1. The Kier molecular flexibility index (Phi) is 6.79. The van der Waals surface area contributed by atoms with Crippen LogP contribution in [0.1, 0.15) is 24.2 Å². The number of ether oxygens (including phenoxy) is 3. The maximum Gasteiger partial charge on any atom is 0.331 e. The average molecular weight is 392 g/mol. The molecule has 142 valence electrons. The number of methoxy groups -OCH3 is 2. The highest BCUT2D eigenvalue weighted by molar-refractivity contribution is 6.32. The van der Waals surface area contributed by atoms with Crippen molar-refractivity contribution in [3.63, 3.8) is 0 Å². The number of halogens is 1. The van der Waals surface area contributed by atoms with E-state index in [1.165, 1.54) is 38.5 Å². The summed E-state index contributed by atoms with van der Waals surface area (Å²) in [6.45, 7) is 1.64. The van der Waals surface area contributed by atoms with Crippen molar-refractivity contribution in [1.29, 1.82) is 0 Å². The fourth-order valence-corrected chi connectivity index (χ4v) is 2.67. The van der Waals surface area contributed by atoms with Crippen molar-refractivity contribution in [2.75, 3.05) is 14.2 Å². The minimum absolute atomic E-state index is 0.0640. The summed E-state index contributed by atoms with van der Waals surface area (Å²) in [5.74, 6) is 0.237. The van der Waals surface area contributed by atoms with Crippen LogP contribution in [0.15, 0.2) is 42.5 Å². The third-order valence-corrected chi connectivity index (χ3v) is 3.99. The van der Waals surface area contributed by atoms with E-state index in [0.717, 1.165) is 0 Å². The number of hydrogen-bond acceptors (Lipinski definition) is 6. The highest BCUT2D eigenvalue weighted by atomic mass is 35.5. The van der Waals surface area contributed by atoms with Gasteiger partial charge in [-0.25, -0.2) is 4.79 Å². The molecule has 1 atom stereocenters. The lowest BCUT2D eigenvalue weighted by Crippen LogP contribution is -2.06. The Balaban J connectivity index is 2.10. The standard InChI is InChI=1S/C19H18ClNO6/c1-12(14-5-4-6-15(11-14)21(23)24)27-18(22)8-7-13-9-16(20)19(26-3)17(10-13)25-2/h4-12H,1-3H3/b8-7+/t12-/m0/s1. The SMILES string of the molecule is COc1cc(/C=C/C(=O)O[C@@H](C)c2cccc([N+](=O)[O-])c2)cc(Cl)c1OC. The Morgan fingerprint density at radius 3 is 2.59 bits per heavy atom. The molecule has 2 aromatic rings. The normalized spacial score (nSPS) is 11.9. The van der Waals surface area contributed by atoms with E-state index in [0.29, 0.717) is 27.6 Å². The zero-order chi connectivity index (χ0) is 20.0. The minimum Gasteiger partial charge on any atom is -0.493 e. The van der Waals surface area contributed by atoms with Crippen LogP contribution in [0.4, 0.5) is 5.69 Å². The van der Waals surface area contributed by atoms with Gasteiger partial charge in [0.25, 0.3) is 5.69 Å². The van der Waals surface area contributed by atoms with Gasteiger partial charge in [-0.15, -0.1) is 0 Å². The minimum atomic E-state index is -0.643. The van der Waals surface area contributed by atoms with Gasteiger partial charge in [-0.05, 0) is 36.3 Å². The van der Waals surface area contributed by atoms with E-state index in [1.54, 1.807) is 31.2 Å². The van der Waals surface area contributed by atoms with Crippen LogP contribution in [0.2, 0.25) is 5.02 Å². The number of rotatable bonds is 7. The third kappa shape index (κ3) is 5.21. The Bertz CT molecular complexity index is 880. The number of nitrogens with zero attached hydrogens (tertiary/aromatic N) is 1. The van der Waals surface area contributed by atoms with Gasteiger partial charge in [-0.3, -0.25) is 10.1 Å². The molecular formula is C19H18ClNO6. The molecule has 2 aromatic carbocycles. The number of nitro groups is 1. The van der Waals surface area contributed by atoms with Gasteiger partial charge < -0.3 is 14.2 Å². The lowest BCUT2D eigenvalue weighted by molar-refractivity contribution is -0.385. The van der Waals surface area contributed by atoms with Gasteiger partial charge in [0.15, 0.2) is 11.5 Å². The van der Waals surface area contributed by atoms with E-state index < -0.39 is 17.0 Å². The Labute approximate surface area is 161 Å². The highest BCUT2D eigenvalue weighted by Crippen LogP contribution is 2.36. The van der Waals surface area contributed by atoms with Crippen molar-refractivity contribution in [1.82, 2.24) is 0 Å². The van der Waals surface area contributed by atoms with E-state index in [1.807, 2.05) is 0 Å². The van der Waals surface area contributed by atoms with Gasteiger partial charge in [-0.1, -0.05) is 23.7 Å². The largest absolute Gasteiger partial charge is 0.493 e. The number of benzene rings is 2. The number of hydrogen-bond donors (Lipinski definition) is 0. The molecule has 0 fully saturated rings. The first-order chi connectivity index (χ1) is 12.8. The van der Waals surface area contributed by atoms with Gasteiger partial charge in [-0.2, -0.15) is 0 Å². The smallest absolute Gasteiger partial charge is 0.331 e.